The smallest absolute Gasteiger partial charge is 0.269 e. The van der Waals surface area contributed by atoms with Gasteiger partial charge in [-0.05, 0) is 38.7 Å². The number of likely N-dealkylation sites (tertiary alicyclic amines) is 1. The van der Waals surface area contributed by atoms with Gasteiger partial charge in [-0.3, -0.25) is 4.79 Å². The van der Waals surface area contributed by atoms with Crippen LogP contribution in [0.3, 0.4) is 0 Å². The molecule has 112 valence electrons. The Bertz CT molecular complexity index is 555. The molecule has 1 saturated heterocycles. The molecule has 0 saturated carbocycles. The quantitative estimate of drug-likeness (QED) is 0.838. The van der Waals surface area contributed by atoms with Crippen molar-refractivity contribution in [2.45, 2.75) is 51.2 Å². The Hall–Kier alpha value is -1.84. The summed E-state index contributed by atoms with van der Waals surface area (Å²) in [4.78, 5) is 20.4. The van der Waals surface area contributed by atoms with E-state index in [-0.39, 0.29) is 5.91 Å². The number of rotatable bonds is 2. The summed E-state index contributed by atoms with van der Waals surface area (Å²) in [7, 11) is 0. The number of piperidine rings is 1. The summed E-state index contributed by atoms with van der Waals surface area (Å²) in [6, 6.07) is 10.2. The Kier molecular flexibility index (Phi) is 3.70. The van der Waals surface area contributed by atoms with Crippen molar-refractivity contribution in [2.75, 3.05) is 6.54 Å². The lowest BCUT2D eigenvalue weighted by Crippen LogP contribution is -2.52. The molecule has 0 bridgehead atoms. The van der Waals surface area contributed by atoms with Crippen LogP contribution in [0.15, 0.2) is 35.5 Å². The van der Waals surface area contributed by atoms with Gasteiger partial charge >= 0.3 is 0 Å². The Labute approximate surface area is 125 Å². The number of carbonyl (C=O) groups is 1. The lowest BCUT2D eigenvalue weighted by molar-refractivity contribution is -0.156. The summed E-state index contributed by atoms with van der Waals surface area (Å²) in [5.41, 5.74) is 1.04. The molecule has 4 nitrogen and oxygen atoms in total. The van der Waals surface area contributed by atoms with Gasteiger partial charge in [-0.15, -0.1) is 0 Å². The fourth-order valence-corrected chi connectivity index (χ4v) is 3.14. The zero-order valence-corrected chi connectivity index (χ0v) is 12.7. The molecule has 0 aliphatic carbocycles. The van der Waals surface area contributed by atoms with Gasteiger partial charge in [0.1, 0.15) is 0 Å². The van der Waals surface area contributed by atoms with E-state index in [4.69, 9.17) is 4.84 Å². The van der Waals surface area contributed by atoms with Crippen LogP contribution in [-0.2, 0) is 9.63 Å². The Morgan fingerprint density at radius 3 is 2.81 bits per heavy atom. The highest BCUT2D eigenvalue weighted by molar-refractivity contribution is 6.05. The number of hydrogen-bond donors (Lipinski definition) is 0. The molecule has 1 aromatic rings. The molecule has 0 radical (unpaired) electrons. The number of nitrogens with zero attached hydrogens (tertiary/aromatic N) is 2. The van der Waals surface area contributed by atoms with Gasteiger partial charge in [0.2, 0.25) is 5.60 Å². The van der Waals surface area contributed by atoms with Gasteiger partial charge in [0, 0.05) is 19.0 Å². The van der Waals surface area contributed by atoms with Gasteiger partial charge in [-0.2, -0.15) is 0 Å². The van der Waals surface area contributed by atoms with Crippen LogP contribution in [-0.4, -0.2) is 34.7 Å². The van der Waals surface area contributed by atoms with Crippen molar-refractivity contribution in [1.29, 1.82) is 0 Å². The van der Waals surface area contributed by atoms with E-state index >= 15 is 0 Å². The topological polar surface area (TPSA) is 41.9 Å². The molecule has 21 heavy (non-hydrogen) atoms. The van der Waals surface area contributed by atoms with Crippen LogP contribution in [0.5, 0.6) is 0 Å². The van der Waals surface area contributed by atoms with Crippen molar-refractivity contribution in [1.82, 2.24) is 4.90 Å². The number of benzene rings is 1. The van der Waals surface area contributed by atoms with Crippen molar-refractivity contribution < 1.29 is 9.63 Å². The average molecular weight is 286 g/mol. The Balaban J connectivity index is 1.73. The SMILES string of the molecule is C[C@@H]1CCCCN1C(=O)[C@]1(C)CC(c2ccccc2)=NO1. The summed E-state index contributed by atoms with van der Waals surface area (Å²) in [5, 5.41) is 4.17. The molecule has 0 aromatic heterocycles. The van der Waals surface area contributed by atoms with E-state index in [9.17, 15) is 4.79 Å². The van der Waals surface area contributed by atoms with Crippen LogP contribution in [0.4, 0.5) is 0 Å². The molecule has 2 heterocycles. The minimum atomic E-state index is -0.850. The Morgan fingerprint density at radius 2 is 2.10 bits per heavy atom. The minimum Gasteiger partial charge on any atom is -0.379 e. The zero-order valence-electron chi connectivity index (χ0n) is 12.7. The standard InChI is InChI=1S/C17H22N2O2/c1-13-8-6-7-11-19(13)16(20)17(2)12-15(18-21-17)14-9-4-3-5-10-14/h3-5,9-10,13H,6-8,11-12H2,1-2H3/t13-,17+/m1/s1. The van der Waals surface area contributed by atoms with Gasteiger partial charge in [0.05, 0.1) is 5.71 Å². The van der Waals surface area contributed by atoms with Gasteiger partial charge < -0.3 is 9.74 Å². The van der Waals surface area contributed by atoms with E-state index in [0.29, 0.717) is 12.5 Å². The molecule has 1 fully saturated rings. The van der Waals surface area contributed by atoms with Gasteiger partial charge in [-0.1, -0.05) is 35.5 Å². The highest BCUT2D eigenvalue weighted by Crippen LogP contribution is 2.31. The summed E-state index contributed by atoms with van der Waals surface area (Å²) in [6.07, 6.45) is 3.90. The lowest BCUT2D eigenvalue weighted by Gasteiger charge is -2.37. The summed E-state index contributed by atoms with van der Waals surface area (Å²) in [5.74, 6) is 0.0735. The zero-order chi connectivity index (χ0) is 14.9. The van der Waals surface area contributed by atoms with Crippen LogP contribution in [0, 0.1) is 0 Å². The molecule has 4 heteroatoms. The van der Waals surface area contributed by atoms with E-state index in [1.165, 1.54) is 6.42 Å². The number of hydrogen-bond acceptors (Lipinski definition) is 3. The third kappa shape index (κ3) is 2.67. The maximum atomic E-state index is 12.8. The van der Waals surface area contributed by atoms with Gasteiger partial charge in [0.15, 0.2) is 0 Å². The molecule has 1 amide bonds. The first kappa shape index (κ1) is 14.1. The van der Waals surface area contributed by atoms with E-state index in [2.05, 4.69) is 12.1 Å². The van der Waals surface area contributed by atoms with Crippen molar-refractivity contribution in [3.8, 4) is 0 Å². The highest BCUT2D eigenvalue weighted by atomic mass is 16.7. The largest absolute Gasteiger partial charge is 0.379 e. The molecular weight excluding hydrogens is 264 g/mol. The molecule has 0 unspecified atom stereocenters. The van der Waals surface area contributed by atoms with E-state index in [1.54, 1.807) is 0 Å². The molecular formula is C17H22N2O2. The normalized spacial score (nSPS) is 29.0. The molecule has 0 N–H and O–H groups in total. The summed E-state index contributed by atoms with van der Waals surface area (Å²) in [6.45, 7) is 4.81. The van der Waals surface area contributed by atoms with Crippen molar-refractivity contribution in [3.63, 3.8) is 0 Å². The molecule has 0 spiro atoms. The molecule has 2 aliphatic heterocycles. The summed E-state index contributed by atoms with van der Waals surface area (Å²) >= 11 is 0. The second-order valence-corrected chi connectivity index (χ2v) is 6.25. The predicted octanol–water partition coefficient (Wildman–Crippen LogP) is 2.97. The number of carbonyl (C=O) groups excluding carboxylic acids is 1. The monoisotopic (exact) mass is 286 g/mol. The van der Waals surface area contributed by atoms with Crippen molar-refractivity contribution in [2.24, 2.45) is 5.16 Å². The predicted molar refractivity (Wildman–Crippen MR) is 82.1 cm³/mol. The summed E-state index contributed by atoms with van der Waals surface area (Å²) < 4.78 is 0. The first-order valence-electron chi connectivity index (χ1n) is 7.72. The average Bonchev–Trinajstić information content (AvgIpc) is 2.92. The highest BCUT2D eigenvalue weighted by Gasteiger charge is 2.45. The fraction of sp³-hybridized carbons (Fsp3) is 0.529. The van der Waals surface area contributed by atoms with Crippen LogP contribution in [0.1, 0.15) is 45.1 Å². The van der Waals surface area contributed by atoms with Crippen molar-refractivity contribution >= 4 is 11.6 Å². The van der Waals surface area contributed by atoms with E-state index < -0.39 is 5.60 Å². The fourth-order valence-electron chi connectivity index (χ4n) is 3.14. The molecule has 3 rings (SSSR count). The van der Waals surface area contributed by atoms with E-state index in [0.717, 1.165) is 30.7 Å². The number of oxime groups is 1. The maximum Gasteiger partial charge on any atom is 0.269 e. The second kappa shape index (κ2) is 5.51. The van der Waals surface area contributed by atoms with Gasteiger partial charge in [-0.25, -0.2) is 0 Å². The minimum absolute atomic E-state index is 0.0735. The first-order valence-corrected chi connectivity index (χ1v) is 7.72. The Morgan fingerprint density at radius 1 is 1.33 bits per heavy atom. The third-order valence-corrected chi connectivity index (χ3v) is 4.49. The van der Waals surface area contributed by atoms with Crippen LogP contribution >= 0.6 is 0 Å². The third-order valence-electron chi connectivity index (χ3n) is 4.49. The van der Waals surface area contributed by atoms with Crippen LogP contribution < -0.4 is 0 Å². The molecule has 2 atom stereocenters. The molecule has 1 aromatic carbocycles. The van der Waals surface area contributed by atoms with Crippen LogP contribution in [0.25, 0.3) is 0 Å². The second-order valence-electron chi connectivity index (χ2n) is 6.25. The molecule has 2 aliphatic rings. The van der Waals surface area contributed by atoms with Crippen LogP contribution in [0.2, 0.25) is 0 Å². The number of amides is 1. The van der Waals surface area contributed by atoms with E-state index in [1.807, 2.05) is 42.2 Å². The first-order chi connectivity index (χ1) is 10.1. The maximum absolute atomic E-state index is 12.8. The van der Waals surface area contributed by atoms with Crippen molar-refractivity contribution in [3.05, 3.63) is 35.9 Å². The lowest BCUT2D eigenvalue weighted by atomic mass is 9.92. The van der Waals surface area contributed by atoms with Gasteiger partial charge in [0.25, 0.3) is 5.91 Å².